The average molecular weight is 233 g/mol. The fourth-order valence-electron chi connectivity index (χ4n) is 2.36. The number of hydrogen-bond acceptors (Lipinski definition) is 2. The first-order chi connectivity index (χ1) is 8.27. The fraction of sp³-hybridized carbons (Fsp3) is 0.600. The third kappa shape index (κ3) is 3.47. The van der Waals surface area contributed by atoms with E-state index in [9.17, 15) is 0 Å². The number of hydrogen-bond donors (Lipinski definition) is 0. The minimum atomic E-state index is 0.834. The van der Waals surface area contributed by atoms with E-state index in [-0.39, 0.29) is 0 Å². The second kappa shape index (κ2) is 6.06. The lowest BCUT2D eigenvalue weighted by atomic mass is 10.1. The fourth-order valence-corrected chi connectivity index (χ4v) is 2.36. The zero-order valence-electron chi connectivity index (χ0n) is 11.0. The third-order valence-corrected chi connectivity index (χ3v) is 3.63. The normalized spacial score (nSPS) is 16.4. The molecule has 0 unspecified atom stereocenters. The zero-order valence-corrected chi connectivity index (χ0v) is 11.0. The Hall–Kier alpha value is -1.02. The Bertz CT molecular complexity index is 356. The molecule has 0 atom stereocenters. The summed E-state index contributed by atoms with van der Waals surface area (Å²) in [6, 6.07) is 6.27. The summed E-state index contributed by atoms with van der Waals surface area (Å²) in [7, 11) is 0. The van der Waals surface area contributed by atoms with Crippen LogP contribution in [-0.4, -0.2) is 31.1 Å². The van der Waals surface area contributed by atoms with E-state index in [1.54, 1.807) is 0 Å². The molecule has 0 bridgehead atoms. The lowest BCUT2D eigenvalue weighted by Gasteiger charge is -2.15. The molecule has 0 aliphatic carbocycles. The molecule has 1 aromatic carbocycles. The van der Waals surface area contributed by atoms with Gasteiger partial charge in [-0.2, -0.15) is 0 Å². The molecule has 0 radical (unpaired) electrons. The molecule has 2 rings (SSSR count). The van der Waals surface area contributed by atoms with Crippen molar-refractivity contribution in [2.45, 2.75) is 33.1 Å². The van der Waals surface area contributed by atoms with Gasteiger partial charge in [0.25, 0.3) is 0 Å². The molecule has 0 saturated carbocycles. The van der Waals surface area contributed by atoms with Crippen molar-refractivity contribution in [2.24, 2.45) is 0 Å². The van der Waals surface area contributed by atoms with Gasteiger partial charge in [-0.3, -0.25) is 0 Å². The summed E-state index contributed by atoms with van der Waals surface area (Å²) in [4.78, 5) is 2.53. The van der Waals surface area contributed by atoms with E-state index < -0.39 is 0 Å². The summed E-state index contributed by atoms with van der Waals surface area (Å²) in [5.41, 5.74) is 2.58. The molecule has 0 spiro atoms. The molecular formula is C15H23NO. The van der Waals surface area contributed by atoms with Crippen LogP contribution in [0.2, 0.25) is 0 Å². The van der Waals surface area contributed by atoms with Gasteiger partial charge in [0.05, 0.1) is 6.61 Å². The number of nitrogens with zero attached hydrogens (tertiary/aromatic N) is 1. The van der Waals surface area contributed by atoms with Gasteiger partial charge in [-0.15, -0.1) is 0 Å². The van der Waals surface area contributed by atoms with Crippen molar-refractivity contribution in [3.05, 3.63) is 29.3 Å². The molecule has 0 N–H and O–H groups in total. The molecule has 1 fully saturated rings. The molecular weight excluding hydrogens is 210 g/mol. The van der Waals surface area contributed by atoms with Crippen molar-refractivity contribution in [1.82, 2.24) is 4.90 Å². The van der Waals surface area contributed by atoms with Crippen molar-refractivity contribution in [3.8, 4) is 5.75 Å². The van der Waals surface area contributed by atoms with Crippen LogP contribution in [0.4, 0.5) is 0 Å². The first kappa shape index (κ1) is 12.4. The molecule has 1 aliphatic heterocycles. The highest BCUT2D eigenvalue weighted by Gasteiger charge is 2.10. The summed E-state index contributed by atoms with van der Waals surface area (Å²) >= 11 is 0. The molecule has 1 heterocycles. The standard InChI is InChI=1S/C15H23NO/c1-13-7-5-8-15(14(13)2)17-12-6-11-16-9-3-4-10-16/h5,7-8H,3-4,6,9-12H2,1-2H3. The molecule has 1 aromatic rings. The highest BCUT2D eigenvalue weighted by molar-refractivity contribution is 5.38. The average Bonchev–Trinajstić information content (AvgIpc) is 2.83. The van der Waals surface area contributed by atoms with E-state index in [0.29, 0.717) is 0 Å². The van der Waals surface area contributed by atoms with Gasteiger partial charge in [-0.25, -0.2) is 0 Å². The van der Waals surface area contributed by atoms with Gasteiger partial charge in [-0.1, -0.05) is 12.1 Å². The monoisotopic (exact) mass is 233 g/mol. The maximum atomic E-state index is 5.85. The lowest BCUT2D eigenvalue weighted by Crippen LogP contribution is -2.22. The topological polar surface area (TPSA) is 12.5 Å². The van der Waals surface area contributed by atoms with E-state index in [2.05, 4.69) is 36.9 Å². The Kier molecular flexibility index (Phi) is 4.43. The number of rotatable bonds is 5. The van der Waals surface area contributed by atoms with Crippen molar-refractivity contribution in [3.63, 3.8) is 0 Å². The second-order valence-corrected chi connectivity index (χ2v) is 4.95. The summed E-state index contributed by atoms with van der Waals surface area (Å²) in [6.07, 6.45) is 3.88. The molecule has 2 heteroatoms. The van der Waals surface area contributed by atoms with E-state index in [4.69, 9.17) is 4.74 Å². The third-order valence-electron chi connectivity index (χ3n) is 3.63. The highest BCUT2D eigenvalue weighted by atomic mass is 16.5. The predicted octanol–water partition coefficient (Wildman–Crippen LogP) is 3.17. The Balaban J connectivity index is 1.72. The van der Waals surface area contributed by atoms with Gasteiger partial charge in [-0.05, 0) is 63.4 Å². The first-order valence-electron chi connectivity index (χ1n) is 6.69. The number of benzene rings is 1. The quantitative estimate of drug-likeness (QED) is 0.724. The maximum Gasteiger partial charge on any atom is 0.122 e. The van der Waals surface area contributed by atoms with E-state index >= 15 is 0 Å². The summed E-state index contributed by atoms with van der Waals surface area (Å²) in [5, 5.41) is 0. The summed E-state index contributed by atoms with van der Waals surface area (Å²) in [6.45, 7) is 8.84. The minimum Gasteiger partial charge on any atom is -0.493 e. The zero-order chi connectivity index (χ0) is 12.1. The van der Waals surface area contributed by atoms with Crippen molar-refractivity contribution in [2.75, 3.05) is 26.2 Å². The van der Waals surface area contributed by atoms with Crippen molar-refractivity contribution < 1.29 is 4.74 Å². The summed E-state index contributed by atoms with van der Waals surface area (Å²) in [5.74, 6) is 1.05. The molecule has 1 saturated heterocycles. The highest BCUT2D eigenvalue weighted by Crippen LogP contribution is 2.20. The van der Waals surface area contributed by atoms with Gasteiger partial charge in [0.15, 0.2) is 0 Å². The van der Waals surface area contributed by atoms with Crippen LogP contribution in [0.3, 0.4) is 0 Å². The number of ether oxygens (including phenoxy) is 1. The molecule has 0 amide bonds. The van der Waals surface area contributed by atoms with E-state index in [1.165, 1.54) is 43.6 Å². The Morgan fingerprint density at radius 1 is 1.18 bits per heavy atom. The van der Waals surface area contributed by atoms with Crippen LogP contribution in [0.5, 0.6) is 5.75 Å². The Morgan fingerprint density at radius 2 is 1.94 bits per heavy atom. The smallest absolute Gasteiger partial charge is 0.122 e. The van der Waals surface area contributed by atoms with Gasteiger partial charge in [0.2, 0.25) is 0 Å². The largest absolute Gasteiger partial charge is 0.493 e. The Labute approximate surface area is 105 Å². The van der Waals surface area contributed by atoms with Crippen LogP contribution in [0.15, 0.2) is 18.2 Å². The van der Waals surface area contributed by atoms with Crippen LogP contribution >= 0.6 is 0 Å². The van der Waals surface area contributed by atoms with Crippen molar-refractivity contribution >= 4 is 0 Å². The van der Waals surface area contributed by atoms with Crippen LogP contribution in [-0.2, 0) is 0 Å². The van der Waals surface area contributed by atoms with Crippen LogP contribution in [0.25, 0.3) is 0 Å². The molecule has 0 aromatic heterocycles. The van der Waals surface area contributed by atoms with Gasteiger partial charge < -0.3 is 9.64 Å². The minimum absolute atomic E-state index is 0.834. The molecule has 94 valence electrons. The van der Waals surface area contributed by atoms with Crippen LogP contribution < -0.4 is 4.74 Å². The predicted molar refractivity (Wildman–Crippen MR) is 71.7 cm³/mol. The van der Waals surface area contributed by atoms with Gasteiger partial charge in [0, 0.05) is 6.54 Å². The van der Waals surface area contributed by atoms with Gasteiger partial charge >= 0.3 is 0 Å². The SMILES string of the molecule is Cc1cccc(OCCCN2CCCC2)c1C. The van der Waals surface area contributed by atoms with Gasteiger partial charge in [0.1, 0.15) is 5.75 Å². The van der Waals surface area contributed by atoms with E-state index in [1.807, 2.05) is 0 Å². The summed E-state index contributed by atoms with van der Waals surface area (Å²) < 4.78 is 5.85. The number of likely N-dealkylation sites (tertiary alicyclic amines) is 1. The Morgan fingerprint density at radius 3 is 2.71 bits per heavy atom. The molecule has 1 aliphatic rings. The van der Waals surface area contributed by atoms with E-state index in [0.717, 1.165) is 18.8 Å². The second-order valence-electron chi connectivity index (χ2n) is 4.95. The lowest BCUT2D eigenvalue weighted by molar-refractivity contribution is 0.262. The van der Waals surface area contributed by atoms with Crippen LogP contribution in [0.1, 0.15) is 30.4 Å². The maximum absolute atomic E-state index is 5.85. The van der Waals surface area contributed by atoms with Crippen molar-refractivity contribution in [1.29, 1.82) is 0 Å². The number of aryl methyl sites for hydroxylation is 1. The molecule has 17 heavy (non-hydrogen) atoms. The first-order valence-corrected chi connectivity index (χ1v) is 6.69. The molecule has 2 nitrogen and oxygen atoms in total. The van der Waals surface area contributed by atoms with Crippen LogP contribution in [0, 0.1) is 13.8 Å².